The number of fused-ring (bicyclic) bond motifs is 1. The smallest absolute Gasteiger partial charge is 0.455 e. The van der Waals surface area contributed by atoms with Gasteiger partial charge in [-0.3, -0.25) is 4.79 Å². The SMILES string of the molecule is O=C(c1c(O)c2ccc(-c3ccccc3)cc2oc1=O)C(F)(F)F. The van der Waals surface area contributed by atoms with Crippen molar-refractivity contribution in [2.24, 2.45) is 0 Å². The molecule has 1 N–H and O–H groups in total. The zero-order valence-corrected chi connectivity index (χ0v) is 11.9. The Morgan fingerprint density at radius 1 is 1.00 bits per heavy atom. The molecule has 3 rings (SSSR count). The van der Waals surface area contributed by atoms with Crippen LogP contribution < -0.4 is 5.63 Å². The molecular formula is C17H9F3O4. The van der Waals surface area contributed by atoms with Crippen LogP contribution in [0.4, 0.5) is 13.2 Å². The van der Waals surface area contributed by atoms with Crippen molar-refractivity contribution in [3.63, 3.8) is 0 Å². The van der Waals surface area contributed by atoms with E-state index in [4.69, 9.17) is 4.42 Å². The van der Waals surface area contributed by atoms with E-state index in [1.165, 1.54) is 12.1 Å². The van der Waals surface area contributed by atoms with Crippen LogP contribution in [-0.4, -0.2) is 17.1 Å². The van der Waals surface area contributed by atoms with Crippen LogP contribution in [0, 0.1) is 0 Å². The largest absolute Gasteiger partial charge is 0.506 e. The molecule has 0 radical (unpaired) electrons. The van der Waals surface area contributed by atoms with E-state index in [0.717, 1.165) is 5.56 Å². The number of aromatic hydroxyl groups is 1. The summed E-state index contributed by atoms with van der Waals surface area (Å²) in [5, 5.41) is 9.79. The molecule has 0 aliphatic carbocycles. The van der Waals surface area contributed by atoms with Crippen molar-refractivity contribution in [2.75, 3.05) is 0 Å². The molecule has 0 saturated carbocycles. The average molecular weight is 334 g/mol. The first kappa shape index (κ1) is 15.8. The van der Waals surface area contributed by atoms with E-state index >= 15 is 0 Å². The molecule has 0 unspecified atom stereocenters. The number of carbonyl (C=O) groups excluding carboxylic acids is 1. The van der Waals surface area contributed by atoms with Crippen LogP contribution in [0.3, 0.4) is 0 Å². The zero-order valence-electron chi connectivity index (χ0n) is 11.9. The molecule has 4 nitrogen and oxygen atoms in total. The van der Waals surface area contributed by atoms with Crippen LogP contribution in [0.25, 0.3) is 22.1 Å². The molecule has 7 heteroatoms. The van der Waals surface area contributed by atoms with Gasteiger partial charge >= 0.3 is 11.8 Å². The maximum absolute atomic E-state index is 12.5. The minimum Gasteiger partial charge on any atom is -0.506 e. The Morgan fingerprint density at radius 3 is 2.29 bits per heavy atom. The number of hydrogen-bond acceptors (Lipinski definition) is 4. The highest BCUT2D eigenvalue weighted by Gasteiger charge is 2.43. The summed E-state index contributed by atoms with van der Waals surface area (Å²) in [7, 11) is 0. The van der Waals surface area contributed by atoms with E-state index in [0.29, 0.717) is 5.56 Å². The lowest BCUT2D eigenvalue weighted by molar-refractivity contribution is -0.0888. The highest BCUT2D eigenvalue weighted by molar-refractivity contribution is 6.05. The van der Waals surface area contributed by atoms with Gasteiger partial charge in [-0.25, -0.2) is 4.79 Å². The van der Waals surface area contributed by atoms with Gasteiger partial charge in [-0.15, -0.1) is 0 Å². The standard InChI is InChI=1S/C17H9F3O4/c18-17(19,20)15(22)13-14(21)11-7-6-10(8-12(11)24-16(13)23)9-4-2-1-3-5-9/h1-8,21H. The fourth-order valence-electron chi connectivity index (χ4n) is 2.34. The summed E-state index contributed by atoms with van der Waals surface area (Å²) >= 11 is 0. The second kappa shape index (κ2) is 5.52. The van der Waals surface area contributed by atoms with Crippen LogP contribution in [0.2, 0.25) is 0 Å². The fourth-order valence-corrected chi connectivity index (χ4v) is 2.34. The third-order valence-electron chi connectivity index (χ3n) is 3.47. The van der Waals surface area contributed by atoms with Gasteiger partial charge in [0.1, 0.15) is 11.3 Å². The number of alkyl halides is 3. The lowest BCUT2D eigenvalue weighted by Crippen LogP contribution is -2.28. The van der Waals surface area contributed by atoms with E-state index in [9.17, 15) is 27.9 Å². The molecule has 0 atom stereocenters. The molecule has 24 heavy (non-hydrogen) atoms. The minimum atomic E-state index is -5.29. The lowest BCUT2D eigenvalue weighted by atomic mass is 10.0. The number of carbonyl (C=O) groups is 1. The van der Waals surface area contributed by atoms with E-state index in [2.05, 4.69) is 0 Å². The van der Waals surface area contributed by atoms with Gasteiger partial charge in [0.2, 0.25) is 0 Å². The molecule has 122 valence electrons. The quantitative estimate of drug-likeness (QED) is 0.570. The topological polar surface area (TPSA) is 67.5 Å². The number of Topliss-reactive ketones (excluding diaryl/α,β-unsaturated/α-hetero) is 1. The number of hydrogen-bond donors (Lipinski definition) is 1. The first-order valence-electron chi connectivity index (χ1n) is 6.76. The number of halogens is 3. The van der Waals surface area contributed by atoms with Crippen LogP contribution in [0.5, 0.6) is 5.75 Å². The van der Waals surface area contributed by atoms with Crippen molar-refractivity contribution in [3.05, 3.63) is 64.5 Å². The summed E-state index contributed by atoms with van der Waals surface area (Å²) in [4.78, 5) is 23.0. The normalized spacial score (nSPS) is 11.6. The number of ketones is 1. The molecule has 0 amide bonds. The Hall–Kier alpha value is -3.09. The monoisotopic (exact) mass is 334 g/mol. The Bertz CT molecular complexity index is 988. The van der Waals surface area contributed by atoms with Crippen molar-refractivity contribution < 1.29 is 27.5 Å². The van der Waals surface area contributed by atoms with Gasteiger partial charge in [-0.2, -0.15) is 13.2 Å². The van der Waals surface area contributed by atoms with Gasteiger partial charge in [0.05, 0.1) is 5.39 Å². The summed E-state index contributed by atoms with van der Waals surface area (Å²) in [5.74, 6) is -3.48. The molecule has 3 aromatic rings. The fraction of sp³-hybridized carbons (Fsp3) is 0.0588. The van der Waals surface area contributed by atoms with Gasteiger partial charge in [-0.1, -0.05) is 36.4 Å². The van der Waals surface area contributed by atoms with Gasteiger partial charge in [0, 0.05) is 0 Å². The highest BCUT2D eigenvalue weighted by atomic mass is 19.4. The molecular weight excluding hydrogens is 325 g/mol. The van der Waals surface area contributed by atoms with Crippen molar-refractivity contribution in [1.82, 2.24) is 0 Å². The molecule has 0 saturated heterocycles. The molecule has 0 aliphatic rings. The Labute approximate surface area is 132 Å². The van der Waals surface area contributed by atoms with Crippen LogP contribution in [-0.2, 0) is 0 Å². The van der Waals surface area contributed by atoms with Gasteiger partial charge in [0.25, 0.3) is 5.78 Å². The maximum Gasteiger partial charge on any atom is 0.455 e. The Kier molecular flexibility index (Phi) is 3.63. The van der Waals surface area contributed by atoms with E-state index in [1.54, 1.807) is 30.3 Å². The van der Waals surface area contributed by atoms with Crippen molar-refractivity contribution >= 4 is 16.8 Å². The third kappa shape index (κ3) is 2.64. The van der Waals surface area contributed by atoms with Crippen molar-refractivity contribution in [2.45, 2.75) is 6.18 Å². The first-order chi connectivity index (χ1) is 11.3. The van der Waals surface area contributed by atoms with Crippen LogP contribution >= 0.6 is 0 Å². The molecule has 1 heterocycles. The molecule has 0 spiro atoms. The minimum absolute atomic E-state index is 0.113. The maximum atomic E-state index is 12.5. The number of rotatable bonds is 2. The predicted molar refractivity (Wildman–Crippen MR) is 80.0 cm³/mol. The Balaban J connectivity index is 2.22. The molecule has 2 aromatic carbocycles. The number of benzene rings is 2. The molecule has 0 bridgehead atoms. The molecule has 1 aromatic heterocycles. The average Bonchev–Trinajstić information content (AvgIpc) is 2.54. The highest BCUT2D eigenvalue weighted by Crippen LogP contribution is 2.33. The van der Waals surface area contributed by atoms with E-state index in [-0.39, 0.29) is 11.0 Å². The summed E-state index contributed by atoms with van der Waals surface area (Å²) < 4.78 is 42.4. The third-order valence-corrected chi connectivity index (χ3v) is 3.47. The first-order valence-corrected chi connectivity index (χ1v) is 6.76. The van der Waals surface area contributed by atoms with Crippen LogP contribution in [0.15, 0.2) is 57.7 Å². The van der Waals surface area contributed by atoms with Gasteiger partial charge < -0.3 is 9.52 Å². The zero-order chi connectivity index (χ0) is 17.5. The predicted octanol–water partition coefficient (Wildman–Crippen LogP) is 3.91. The van der Waals surface area contributed by atoms with Crippen molar-refractivity contribution in [1.29, 1.82) is 0 Å². The van der Waals surface area contributed by atoms with E-state index < -0.39 is 28.9 Å². The second-order valence-corrected chi connectivity index (χ2v) is 5.02. The summed E-state index contributed by atoms with van der Waals surface area (Å²) in [5.41, 5.74) is -1.63. The van der Waals surface area contributed by atoms with Gasteiger partial charge in [-0.05, 0) is 23.3 Å². The molecule has 0 aliphatic heterocycles. The second-order valence-electron chi connectivity index (χ2n) is 5.02. The summed E-state index contributed by atoms with van der Waals surface area (Å²) in [6.07, 6.45) is -5.29. The van der Waals surface area contributed by atoms with E-state index in [1.807, 2.05) is 6.07 Å². The lowest BCUT2D eigenvalue weighted by Gasteiger charge is -2.09. The van der Waals surface area contributed by atoms with Gasteiger partial charge in [0.15, 0.2) is 5.56 Å². The van der Waals surface area contributed by atoms with Crippen molar-refractivity contribution in [3.8, 4) is 16.9 Å². The van der Waals surface area contributed by atoms with Crippen LogP contribution in [0.1, 0.15) is 10.4 Å². The summed E-state index contributed by atoms with van der Waals surface area (Å²) in [6, 6.07) is 13.2. The Morgan fingerprint density at radius 2 is 1.67 bits per heavy atom. The molecule has 0 fully saturated rings. The summed E-state index contributed by atoms with van der Waals surface area (Å²) in [6.45, 7) is 0.